The van der Waals surface area contributed by atoms with Gasteiger partial charge in [0.05, 0.1) is 6.54 Å². The smallest absolute Gasteiger partial charge is 0.266 e. The number of likely N-dealkylation sites (tertiary alicyclic amines) is 1. The van der Waals surface area contributed by atoms with E-state index < -0.39 is 0 Å². The van der Waals surface area contributed by atoms with Gasteiger partial charge in [0.2, 0.25) is 0 Å². The first-order valence-corrected chi connectivity index (χ1v) is 7.09. The molecule has 4 heteroatoms. The van der Waals surface area contributed by atoms with E-state index in [1.807, 2.05) is 0 Å². The Labute approximate surface area is 108 Å². The molecule has 0 bridgehead atoms. The summed E-state index contributed by atoms with van der Waals surface area (Å²) in [5, 5.41) is 4.12. The first-order valence-electron chi connectivity index (χ1n) is 7.09. The van der Waals surface area contributed by atoms with Gasteiger partial charge in [-0.15, -0.1) is 0 Å². The second-order valence-corrected chi connectivity index (χ2v) is 5.66. The normalized spacial score (nSPS) is 22.9. The highest BCUT2D eigenvalue weighted by molar-refractivity contribution is 4.89. The van der Waals surface area contributed by atoms with Crippen LogP contribution < -0.4 is 5.56 Å². The van der Waals surface area contributed by atoms with Crippen LogP contribution in [0.25, 0.3) is 0 Å². The predicted octanol–water partition coefficient (Wildman–Crippen LogP) is 1.51. The molecule has 3 rings (SSSR count). The Morgan fingerprint density at radius 3 is 2.72 bits per heavy atom. The minimum atomic E-state index is 0.0219. The molecule has 0 N–H and O–H groups in total. The third-order valence-electron chi connectivity index (χ3n) is 4.29. The SMILES string of the molecule is O=c1cccnn1CC1CN(C2CCCCC2)C1. The molecule has 98 valence electrons. The van der Waals surface area contributed by atoms with Crippen LogP contribution in [0.3, 0.4) is 0 Å². The third kappa shape index (κ3) is 2.48. The fraction of sp³-hybridized carbons (Fsp3) is 0.714. The van der Waals surface area contributed by atoms with Crippen molar-refractivity contribution in [1.82, 2.24) is 14.7 Å². The first kappa shape index (κ1) is 11.9. The van der Waals surface area contributed by atoms with Crippen LogP contribution in [0.15, 0.2) is 23.1 Å². The molecule has 0 spiro atoms. The van der Waals surface area contributed by atoms with Gasteiger partial charge in [0.25, 0.3) is 5.56 Å². The Morgan fingerprint density at radius 2 is 2.00 bits per heavy atom. The van der Waals surface area contributed by atoms with Crippen LogP contribution in [0, 0.1) is 5.92 Å². The zero-order chi connectivity index (χ0) is 12.4. The number of hydrogen-bond donors (Lipinski definition) is 0. The minimum Gasteiger partial charge on any atom is -0.300 e. The molecule has 2 heterocycles. The van der Waals surface area contributed by atoms with E-state index in [4.69, 9.17) is 0 Å². The van der Waals surface area contributed by atoms with Crippen molar-refractivity contribution in [1.29, 1.82) is 0 Å². The maximum absolute atomic E-state index is 11.6. The largest absolute Gasteiger partial charge is 0.300 e. The number of nitrogens with zero attached hydrogens (tertiary/aromatic N) is 3. The van der Waals surface area contributed by atoms with E-state index in [1.165, 1.54) is 32.1 Å². The van der Waals surface area contributed by atoms with Gasteiger partial charge in [-0.2, -0.15) is 5.10 Å². The van der Waals surface area contributed by atoms with E-state index in [-0.39, 0.29) is 5.56 Å². The quantitative estimate of drug-likeness (QED) is 0.812. The van der Waals surface area contributed by atoms with E-state index in [9.17, 15) is 4.79 Å². The van der Waals surface area contributed by atoms with E-state index >= 15 is 0 Å². The Morgan fingerprint density at radius 1 is 1.22 bits per heavy atom. The van der Waals surface area contributed by atoms with Gasteiger partial charge in [-0.1, -0.05) is 19.3 Å². The highest BCUT2D eigenvalue weighted by Gasteiger charge is 2.33. The molecule has 2 aliphatic rings. The summed E-state index contributed by atoms with van der Waals surface area (Å²) in [6, 6.07) is 4.11. The third-order valence-corrected chi connectivity index (χ3v) is 4.29. The fourth-order valence-electron chi connectivity index (χ4n) is 3.24. The molecule has 1 saturated heterocycles. The molecule has 1 aliphatic carbocycles. The van der Waals surface area contributed by atoms with Crippen LogP contribution in [0.4, 0.5) is 0 Å². The molecule has 4 nitrogen and oxygen atoms in total. The molecule has 0 unspecified atom stereocenters. The lowest BCUT2D eigenvalue weighted by molar-refractivity contribution is 0.0250. The summed E-state index contributed by atoms with van der Waals surface area (Å²) in [6.45, 7) is 3.07. The van der Waals surface area contributed by atoms with Crippen molar-refractivity contribution in [2.45, 2.75) is 44.7 Å². The molecule has 2 fully saturated rings. The lowest BCUT2D eigenvalue weighted by atomic mass is 9.89. The van der Waals surface area contributed by atoms with Crippen LogP contribution in [0.1, 0.15) is 32.1 Å². The molecule has 1 saturated carbocycles. The van der Waals surface area contributed by atoms with Gasteiger partial charge in [-0.05, 0) is 18.9 Å². The van der Waals surface area contributed by atoms with Crippen molar-refractivity contribution in [3.8, 4) is 0 Å². The van der Waals surface area contributed by atoms with E-state index in [2.05, 4.69) is 10.00 Å². The van der Waals surface area contributed by atoms with E-state index in [0.717, 1.165) is 25.7 Å². The molecule has 0 aromatic carbocycles. The number of aromatic nitrogens is 2. The van der Waals surface area contributed by atoms with Crippen LogP contribution in [0.2, 0.25) is 0 Å². The summed E-state index contributed by atoms with van der Waals surface area (Å²) < 4.78 is 1.60. The van der Waals surface area contributed by atoms with Crippen LogP contribution in [-0.4, -0.2) is 33.8 Å². The lowest BCUT2D eigenvalue weighted by Gasteiger charge is -2.45. The van der Waals surface area contributed by atoms with Crippen molar-refractivity contribution in [2.75, 3.05) is 13.1 Å². The lowest BCUT2D eigenvalue weighted by Crippen LogP contribution is -2.54. The standard InChI is InChI=1S/C14H21N3O/c18-14-7-4-8-15-17(14)11-12-9-16(10-12)13-5-2-1-3-6-13/h4,7-8,12-13H,1-3,5-6,9-11H2. The summed E-state index contributed by atoms with van der Waals surface area (Å²) in [5.41, 5.74) is 0.0219. The highest BCUT2D eigenvalue weighted by atomic mass is 16.1. The molecule has 0 atom stereocenters. The van der Waals surface area contributed by atoms with E-state index in [0.29, 0.717) is 5.92 Å². The molecule has 1 aromatic heterocycles. The second kappa shape index (κ2) is 5.22. The average Bonchev–Trinajstić information content (AvgIpc) is 2.36. The summed E-state index contributed by atoms with van der Waals surface area (Å²) >= 11 is 0. The minimum absolute atomic E-state index is 0.0219. The van der Waals surface area contributed by atoms with Crippen molar-refractivity contribution in [3.63, 3.8) is 0 Å². The Bertz CT molecular complexity index is 444. The van der Waals surface area contributed by atoms with Crippen molar-refractivity contribution < 1.29 is 0 Å². The first-order chi connectivity index (χ1) is 8.83. The summed E-state index contributed by atoms with van der Waals surface area (Å²) in [6.07, 6.45) is 8.64. The average molecular weight is 247 g/mol. The van der Waals surface area contributed by atoms with Gasteiger partial charge in [0.15, 0.2) is 0 Å². The van der Waals surface area contributed by atoms with Gasteiger partial charge < -0.3 is 0 Å². The topological polar surface area (TPSA) is 38.1 Å². The van der Waals surface area contributed by atoms with Gasteiger partial charge in [-0.3, -0.25) is 9.69 Å². The second-order valence-electron chi connectivity index (χ2n) is 5.66. The number of rotatable bonds is 3. The van der Waals surface area contributed by atoms with Crippen LogP contribution in [0.5, 0.6) is 0 Å². The van der Waals surface area contributed by atoms with E-state index in [1.54, 1.807) is 23.0 Å². The number of hydrogen-bond acceptors (Lipinski definition) is 3. The molecule has 0 amide bonds. The molecular formula is C14H21N3O. The van der Waals surface area contributed by atoms with Crippen molar-refractivity contribution in [2.24, 2.45) is 5.92 Å². The highest BCUT2D eigenvalue weighted by Crippen LogP contribution is 2.28. The maximum atomic E-state index is 11.6. The van der Waals surface area contributed by atoms with Gasteiger partial charge in [0.1, 0.15) is 0 Å². The monoisotopic (exact) mass is 247 g/mol. The molecule has 1 aliphatic heterocycles. The molecule has 0 radical (unpaired) electrons. The maximum Gasteiger partial charge on any atom is 0.266 e. The van der Waals surface area contributed by atoms with Gasteiger partial charge in [-0.25, -0.2) is 4.68 Å². The molecule has 18 heavy (non-hydrogen) atoms. The zero-order valence-electron chi connectivity index (χ0n) is 10.8. The molecular weight excluding hydrogens is 226 g/mol. The Hall–Kier alpha value is -1.16. The fourth-order valence-corrected chi connectivity index (χ4v) is 3.24. The predicted molar refractivity (Wildman–Crippen MR) is 70.4 cm³/mol. The van der Waals surface area contributed by atoms with Crippen LogP contribution >= 0.6 is 0 Å². The Kier molecular flexibility index (Phi) is 3.46. The van der Waals surface area contributed by atoms with Gasteiger partial charge >= 0.3 is 0 Å². The molecule has 1 aromatic rings. The summed E-state index contributed by atoms with van der Waals surface area (Å²) in [7, 11) is 0. The van der Waals surface area contributed by atoms with Crippen LogP contribution in [-0.2, 0) is 6.54 Å². The van der Waals surface area contributed by atoms with Crippen molar-refractivity contribution >= 4 is 0 Å². The summed E-state index contributed by atoms with van der Waals surface area (Å²) in [5.74, 6) is 0.611. The summed E-state index contributed by atoms with van der Waals surface area (Å²) in [4.78, 5) is 14.2. The zero-order valence-corrected chi connectivity index (χ0v) is 10.8. The van der Waals surface area contributed by atoms with Crippen molar-refractivity contribution in [3.05, 3.63) is 28.7 Å². The Balaban J connectivity index is 1.50. The van der Waals surface area contributed by atoms with Gasteiger partial charge in [0, 0.05) is 37.3 Å².